The number of thiol groups is 1. The lowest BCUT2D eigenvalue weighted by Crippen LogP contribution is -2.45. The summed E-state index contributed by atoms with van der Waals surface area (Å²) in [6.07, 6.45) is 2.87. The average Bonchev–Trinajstić information content (AvgIpc) is 2.40. The molecule has 98 valence electrons. The number of amides is 1. The number of piperidine rings is 1. The lowest BCUT2D eigenvalue weighted by atomic mass is 10.0. The average molecular weight is 286 g/mol. The van der Waals surface area contributed by atoms with Gasteiger partial charge in [-0.1, -0.05) is 11.6 Å². The zero-order chi connectivity index (χ0) is 13.1. The lowest BCUT2D eigenvalue weighted by Gasteiger charge is -2.34. The summed E-state index contributed by atoms with van der Waals surface area (Å²) in [5.41, 5.74) is 0.463. The summed E-state index contributed by atoms with van der Waals surface area (Å²) in [7, 11) is 0. The number of benzene rings is 1. The molecule has 1 amide bonds. The number of hydrogen-bond acceptors (Lipinski definition) is 3. The highest BCUT2D eigenvalue weighted by molar-refractivity contribution is 7.80. The quantitative estimate of drug-likeness (QED) is 0.820. The summed E-state index contributed by atoms with van der Waals surface area (Å²) in [6.45, 7) is 0.682. The Labute approximate surface area is 117 Å². The number of carbonyl (C=O) groups is 1. The minimum Gasteiger partial charge on any atom is -0.394 e. The van der Waals surface area contributed by atoms with Gasteiger partial charge >= 0.3 is 0 Å². The molecule has 3 nitrogen and oxygen atoms in total. The van der Waals surface area contributed by atoms with Crippen LogP contribution in [0.1, 0.15) is 29.6 Å². The van der Waals surface area contributed by atoms with Crippen LogP contribution in [0.4, 0.5) is 0 Å². The summed E-state index contributed by atoms with van der Waals surface area (Å²) >= 11 is 10.3. The van der Waals surface area contributed by atoms with Crippen molar-refractivity contribution >= 4 is 30.1 Å². The summed E-state index contributed by atoms with van der Waals surface area (Å²) in [5, 5.41) is 9.77. The van der Waals surface area contributed by atoms with Crippen molar-refractivity contribution < 1.29 is 9.90 Å². The van der Waals surface area contributed by atoms with E-state index in [0.717, 1.165) is 19.3 Å². The molecule has 0 bridgehead atoms. The van der Waals surface area contributed by atoms with Gasteiger partial charge in [0.2, 0.25) is 0 Å². The summed E-state index contributed by atoms with van der Waals surface area (Å²) in [6, 6.07) is 5.01. The highest BCUT2D eigenvalue weighted by atomic mass is 35.5. The molecule has 1 aliphatic rings. The lowest BCUT2D eigenvalue weighted by molar-refractivity contribution is 0.0503. The molecule has 1 fully saturated rings. The first kappa shape index (κ1) is 13.7. The van der Waals surface area contributed by atoms with Gasteiger partial charge in [-0.3, -0.25) is 4.79 Å². The molecule has 1 aromatic rings. The van der Waals surface area contributed by atoms with Crippen LogP contribution in [-0.4, -0.2) is 35.1 Å². The van der Waals surface area contributed by atoms with Crippen LogP contribution >= 0.6 is 24.2 Å². The summed E-state index contributed by atoms with van der Waals surface area (Å²) < 4.78 is 0. The maximum atomic E-state index is 12.4. The van der Waals surface area contributed by atoms with Gasteiger partial charge in [0.1, 0.15) is 0 Å². The van der Waals surface area contributed by atoms with E-state index in [1.54, 1.807) is 23.1 Å². The Kier molecular flexibility index (Phi) is 4.54. The smallest absolute Gasteiger partial charge is 0.255 e. The fourth-order valence-electron chi connectivity index (χ4n) is 2.29. The Hall–Kier alpha value is -0.710. The topological polar surface area (TPSA) is 40.5 Å². The molecule has 1 aliphatic heterocycles. The van der Waals surface area contributed by atoms with Gasteiger partial charge in [-0.05, 0) is 37.5 Å². The molecule has 1 atom stereocenters. The predicted octanol–water partition coefficient (Wildman–Crippen LogP) is 2.62. The molecular formula is C13H16ClNO2S. The first-order valence-electron chi connectivity index (χ1n) is 6.04. The molecule has 1 saturated heterocycles. The monoisotopic (exact) mass is 285 g/mol. The normalized spacial score (nSPS) is 19.9. The standard InChI is InChI=1S/C13H16ClNO2S/c14-12-5-4-10(18)7-11(12)13(17)15-6-2-1-3-9(15)8-16/h4-5,7,9,16,18H,1-3,6,8H2. The maximum Gasteiger partial charge on any atom is 0.255 e. The SMILES string of the molecule is O=C(c1cc(S)ccc1Cl)N1CCCCC1CO. The number of aliphatic hydroxyl groups is 1. The Morgan fingerprint density at radius 3 is 3.00 bits per heavy atom. The van der Waals surface area contributed by atoms with Crippen molar-refractivity contribution in [1.82, 2.24) is 4.90 Å². The second kappa shape index (κ2) is 5.95. The van der Waals surface area contributed by atoms with Gasteiger partial charge in [-0.15, -0.1) is 12.6 Å². The van der Waals surface area contributed by atoms with E-state index in [1.165, 1.54) is 0 Å². The van der Waals surface area contributed by atoms with Crippen LogP contribution in [0.25, 0.3) is 0 Å². The number of likely N-dealkylation sites (tertiary alicyclic amines) is 1. The maximum absolute atomic E-state index is 12.4. The third-order valence-electron chi connectivity index (χ3n) is 3.28. The number of nitrogens with zero attached hydrogens (tertiary/aromatic N) is 1. The first-order chi connectivity index (χ1) is 8.63. The molecule has 0 saturated carbocycles. The van der Waals surface area contributed by atoms with Crippen LogP contribution in [0.15, 0.2) is 23.1 Å². The molecule has 5 heteroatoms. The molecule has 0 aromatic heterocycles. The molecule has 1 N–H and O–H groups in total. The molecule has 0 radical (unpaired) electrons. The largest absolute Gasteiger partial charge is 0.394 e. The van der Waals surface area contributed by atoms with Crippen molar-refractivity contribution in [2.24, 2.45) is 0 Å². The van der Waals surface area contributed by atoms with E-state index < -0.39 is 0 Å². The van der Waals surface area contributed by atoms with E-state index in [0.29, 0.717) is 22.0 Å². The van der Waals surface area contributed by atoms with Crippen LogP contribution in [-0.2, 0) is 0 Å². The van der Waals surface area contributed by atoms with Crippen LogP contribution in [0.5, 0.6) is 0 Å². The van der Waals surface area contributed by atoms with E-state index in [-0.39, 0.29) is 18.6 Å². The van der Waals surface area contributed by atoms with Gasteiger partial charge in [-0.25, -0.2) is 0 Å². The number of aliphatic hydroxyl groups excluding tert-OH is 1. The third kappa shape index (κ3) is 2.82. The Bertz CT molecular complexity index is 453. The molecular weight excluding hydrogens is 270 g/mol. The number of halogens is 1. The molecule has 1 aromatic carbocycles. The minimum absolute atomic E-state index is 0.00389. The van der Waals surface area contributed by atoms with E-state index in [4.69, 9.17) is 11.6 Å². The second-order valence-electron chi connectivity index (χ2n) is 4.49. The predicted molar refractivity (Wildman–Crippen MR) is 74.5 cm³/mol. The minimum atomic E-state index is -0.116. The van der Waals surface area contributed by atoms with Crippen LogP contribution in [0.2, 0.25) is 5.02 Å². The highest BCUT2D eigenvalue weighted by Gasteiger charge is 2.27. The fraction of sp³-hybridized carbons (Fsp3) is 0.462. The van der Waals surface area contributed by atoms with Gasteiger partial charge < -0.3 is 10.0 Å². The Morgan fingerprint density at radius 1 is 1.50 bits per heavy atom. The van der Waals surface area contributed by atoms with Crippen molar-refractivity contribution in [3.63, 3.8) is 0 Å². The Balaban J connectivity index is 2.26. The molecule has 2 rings (SSSR count). The number of rotatable bonds is 2. The number of carbonyl (C=O) groups excluding carboxylic acids is 1. The molecule has 18 heavy (non-hydrogen) atoms. The molecule has 1 unspecified atom stereocenters. The van der Waals surface area contributed by atoms with Gasteiger partial charge in [-0.2, -0.15) is 0 Å². The van der Waals surface area contributed by atoms with E-state index >= 15 is 0 Å². The van der Waals surface area contributed by atoms with Crippen LogP contribution in [0, 0.1) is 0 Å². The third-order valence-corrected chi connectivity index (χ3v) is 3.89. The summed E-state index contributed by atoms with van der Waals surface area (Å²) in [5.74, 6) is -0.116. The van der Waals surface area contributed by atoms with Crippen LogP contribution < -0.4 is 0 Å². The van der Waals surface area contributed by atoms with Gasteiger partial charge in [0.15, 0.2) is 0 Å². The van der Waals surface area contributed by atoms with Crippen molar-refractivity contribution in [3.8, 4) is 0 Å². The zero-order valence-corrected chi connectivity index (χ0v) is 11.6. The molecule has 0 spiro atoms. The first-order valence-corrected chi connectivity index (χ1v) is 6.86. The Morgan fingerprint density at radius 2 is 2.28 bits per heavy atom. The van der Waals surface area contributed by atoms with Crippen molar-refractivity contribution in [2.75, 3.05) is 13.2 Å². The molecule has 1 heterocycles. The highest BCUT2D eigenvalue weighted by Crippen LogP contribution is 2.25. The second-order valence-corrected chi connectivity index (χ2v) is 5.42. The van der Waals surface area contributed by atoms with E-state index in [1.807, 2.05) is 0 Å². The van der Waals surface area contributed by atoms with E-state index in [9.17, 15) is 9.90 Å². The van der Waals surface area contributed by atoms with Gasteiger partial charge in [0.05, 0.1) is 23.2 Å². The van der Waals surface area contributed by atoms with Crippen molar-refractivity contribution in [3.05, 3.63) is 28.8 Å². The van der Waals surface area contributed by atoms with Gasteiger partial charge in [0.25, 0.3) is 5.91 Å². The van der Waals surface area contributed by atoms with Gasteiger partial charge in [0, 0.05) is 11.4 Å². The number of hydrogen-bond donors (Lipinski definition) is 2. The fourth-order valence-corrected chi connectivity index (χ4v) is 2.69. The van der Waals surface area contributed by atoms with Crippen molar-refractivity contribution in [2.45, 2.75) is 30.2 Å². The zero-order valence-electron chi connectivity index (χ0n) is 9.97. The molecule has 0 aliphatic carbocycles. The van der Waals surface area contributed by atoms with Crippen molar-refractivity contribution in [1.29, 1.82) is 0 Å². The van der Waals surface area contributed by atoms with E-state index in [2.05, 4.69) is 12.6 Å². The van der Waals surface area contributed by atoms with Crippen LogP contribution in [0.3, 0.4) is 0 Å². The summed E-state index contributed by atoms with van der Waals surface area (Å²) in [4.78, 5) is 14.9.